The highest BCUT2D eigenvalue weighted by Gasteiger charge is 2.18. The molecule has 104 valence electrons. The van der Waals surface area contributed by atoms with E-state index in [-0.39, 0.29) is 0 Å². The summed E-state index contributed by atoms with van der Waals surface area (Å²) in [5.41, 5.74) is 4.92. The number of rotatable bonds is 4. The normalized spacial score (nSPS) is 11.8. The molecule has 0 heterocycles. The van der Waals surface area contributed by atoms with Gasteiger partial charge in [-0.1, -0.05) is 72.5 Å². The molecule has 0 aliphatic carbocycles. The Morgan fingerprint density at radius 3 is 2.00 bits per heavy atom. The van der Waals surface area contributed by atoms with Crippen molar-refractivity contribution in [2.75, 3.05) is 19.0 Å². The van der Waals surface area contributed by atoms with Crippen LogP contribution in [0.1, 0.15) is 5.56 Å². The molecular weight excluding hydrogens is 258 g/mol. The average Bonchev–Trinajstić information content (AvgIpc) is 2.46. The monoisotopic (exact) mass is 281 g/mol. The SMILES string of the molecule is CN(C)c1ccc(/C=C/[Si](C)(C)c2ccccc2)cc1. The molecule has 2 aromatic carbocycles. The molecule has 2 aromatic rings. The lowest BCUT2D eigenvalue weighted by Crippen LogP contribution is -2.39. The number of nitrogens with zero attached hydrogens (tertiary/aromatic N) is 1. The first kappa shape index (κ1) is 14.6. The topological polar surface area (TPSA) is 3.24 Å². The molecule has 0 saturated carbocycles. The van der Waals surface area contributed by atoms with Crippen molar-refractivity contribution in [1.82, 2.24) is 0 Å². The van der Waals surface area contributed by atoms with Gasteiger partial charge in [0.05, 0.1) is 0 Å². The van der Waals surface area contributed by atoms with E-state index in [2.05, 4.69) is 98.5 Å². The van der Waals surface area contributed by atoms with Crippen molar-refractivity contribution in [1.29, 1.82) is 0 Å². The van der Waals surface area contributed by atoms with Crippen LogP contribution in [0.3, 0.4) is 0 Å². The molecule has 0 aromatic heterocycles. The fourth-order valence-corrected chi connectivity index (χ4v) is 4.01. The molecule has 2 rings (SSSR count). The molecule has 0 atom stereocenters. The molecule has 0 spiro atoms. The summed E-state index contributed by atoms with van der Waals surface area (Å²) in [5.74, 6) is 0. The number of hydrogen-bond acceptors (Lipinski definition) is 1. The lowest BCUT2D eigenvalue weighted by atomic mass is 10.2. The lowest BCUT2D eigenvalue weighted by Gasteiger charge is -2.18. The Morgan fingerprint density at radius 1 is 0.850 bits per heavy atom. The standard InChI is InChI=1S/C18H23NSi/c1-19(2)17-12-10-16(11-13-17)14-15-20(3,4)18-8-6-5-7-9-18/h5-15H,1-4H3/b15-14+. The van der Waals surface area contributed by atoms with Crippen LogP contribution in [0.2, 0.25) is 13.1 Å². The Morgan fingerprint density at radius 2 is 1.45 bits per heavy atom. The predicted octanol–water partition coefficient (Wildman–Crippen LogP) is 3.92. The van der Waals surface area contributed by atoms with E-state index in [4.69, 9.17) is 0 Å². The van der Waals surface area contributed by atoms with Crippen LogP contribution < -0.4 is 10.1 Å². The molecule has 0 amide bonds. The van der Waals surface area contributed by atoms with E-state index in [0.29, 0.717) is 0 Å². The summed E-state index contributed by atoms with van der Waals surface area (Å²) in [6.07, 6.45) is 2.26. The van der Waals surface area contributed by atoms with Crippen LogP contribution in [0.4, 0.5) is 5.69 Å². The summed E-state index contributed by atoms with van der Waals surface area (Å²) in [6.45, 7) is 4.76. The van der Waals surface area contributed by atoms with Gasteiger partial charge in [0, 0.05) is 19.8 Å². The molecule has 0 unspecified atom stereocenters. The van der Waals surface area contributed by atoms with Crippen molar-refractivity contribution in [2.24, 2.45) is 0 Å². The van der Waals surface area contributed by atoms with Crippen LogP contribution in [0.15, 0.2) is 60.3 Å². The largest absolute Gasteiger partial charge is 0.378 e. The molecule has 0 aliphatic rings. The highest BCUT2D eigenvalue weighted by molar-refractivity contribution is 6.94. The third-order valence-corrected chi connectivity index (χ3v) is 6.44. The molecule has 0 saturated heterocycles. The Kier molecular flexibility index (Phi) is 4.45. The number of benzene rings is 2. The van der Waals surface area contributed by atoms with E-state index in [0.717, 1.165) is 0 Å². The van der Waals surface area contributed by atoms with Crippen LogP contribution in [-0.2, 0) is 0 Å². The molecule has 0 aliphatic heterocycles. The van der Waals surface area contributed by atoms with E-state index < -0.39 is 8.07 Å². The third kappa shape index (κ3) is 3.61. The van der Waals surface area contributed by atoms with Gasteiger partial charge in [-0.05, 0) is 17.7 Å². The molecule has 0 radical (unpaired) electrons. The van der Waals surface area contributed by atoms with Crippen LogP contribution in [0.25, 0.3) is 6.08 Å². The van der Waals surface area contributed by atoms with Gasteiger partial charge in [-0.25, -0.2) is 0 Å². The second-order valence-corrected chi connectivity index (χ2v) is 10.3. The van der Waals surface area contributed by atoms with Crippen molar-refractivity contribution in [2.45, 2.75) is 13.1 Å². The van der Waals surface area contributed by atoms with Crippen molar-refractivity contribution in [3.63, 3.8) is 0 Å². The quantitative estimate of drug-likeness (QED) is 0.768. The highest BCUT2D eigenvalue weighted by atomic mass is 28.3. The number of anilines is 1. The van der Waals surface area contributed by atoms with E-state index in [1.54, 1.807) is 0 Å². The van der Waals surface area contributed by atoms with Gasteiger partial charge in [0.1, 0.15) is 8.07 Å². The molecule has 0 fully saturated rings. The van der Waals surface area contributed by atoms with Gasteiger partial charge in [-0.2, -0.15) is 0 Å². The first-order valence-corrected chi connectivity index (χ1v) is 10.1. The molecule has 0 bridgehead atoms. The Bertz CT molecular complexity index is 568. The molecule has 0 N–H and O–H groups in total. The van der Waals surface area contributed by atoms with E-state index in [9.17, 15) is 0 Å². The summed E-state index contributed by atoms with van der Waals surface area (Å²) in [7, 11) is 2.64. The third-order valence-electron chi connectivity index (χ3n) is 3.62. The Labute approximate surface area is 123 Å². The van der Waals surface area contributed by atoms with E-state index in [1.165, 1.54) is 16.4 Å². The summed E-state index contributed by atoms with van der Waals surface area (Å²) in [4.78, 5) is 2.12. The van der Waals surface area contributed by atoms with Crippen LogP contribution in [0.5, 0.6) is 0 Å². The van der Waals surface area contributed by atoms with Gasteiger partial charge in [-0.15, -0.1) is 0 Å². The van der Waals surface area contributed by atoms with Crippen LogP contribution in [0, 0.1) is 0 Å². The van der Waals surface area contributed by atoms with Gasteiger partial charge in [-0.3, -0.25) is 0 Å². The predicted molar refractivity (Wildman–Crippen MR) is 93.4 cm³/mol. The zero-order valence-electron chi connectivity index (χ0n) is 12.8. The summed E-state index contributed by atoms with van der Waals surface area (Å²) in [6, 6.07) is 19.5. The maximum absolute atomic E-state index is 2.41. The van der Waals surface area contributed by atoms with Crippen LogP contribution in [-0.4, -0.2) is 22.2 Å². The smallest absolute Gasteiger partial charge is 0.104 e. The fourth-order valence-electron chi connectivity index (χ4n) is 2.15. The summed E-state index contributed by atoms with van der Waals surface area (Å²) >= 11 is 0. The zero-order valence-corrected chi connectivity index (χ0v) is 13.8. The maximum atomic E-state index is 2.41. The van der Waals surface area contributed by atoms with Gasteiger partial charge in [0.15, 0.2) is 0 Å². The van der Waals surface area contributed by atoms with Gasteiger partial charge < -0.3 is 4.90 Å². The summed E-state index contributed by atoms with van der Waals surface area (Å²) < 4.78 is 0. The minimum atomic E-state index is -1.49. The highest BCUT2D eigenvalue weighted by Crippen LogP contribution is 2.14. The first-order valence-electron chi connectivity index (χ1n) is 7.01. The van der Waals surface area contributed by atoms with E-state index in [1.807, 2.05) is 0 Å². The first-order chi connectivity index (χ1) is 9.49. The Balaban J connectivity index is 2.16. The molecule has 1 nitrogen and oxygen atoms in total. The van der Waals surface area contributed by atoms with Gasteiger partial charge in [0.25, 0.3) is 0 Å². The van der Waals surface area contributed by atoms with Crippen molar-refractivity contribution in [3.8, 4) is 0 Å². The molecule has 20 heavy (non-hydrogen) atoms. The zero-order chi connectivity index (χ0) is 14.6. The minimum absolute atomic E-state index is 1.24. The number of hydrogen-bond donors (Lipinski definition) is 0. The van der Waals surface area contributed by atoms with Gasteiger partial charge in [0.2, 0.25) is 0 Å². The fraction of sp³-hybridized carbons (Fsp3) is 0.222. The van der Waals surface area contributed by atoms with Crippen molar-refractivity contribution in [3.05, 3.63) is 65.9 Å². The second kappa shape index (κ2) is 6.10. The van der Waals surface area contributed by atoms with Crippen molar-refractivity contribution >= 4 is 25.0 Å². The van der Waals surface area contributed by atoms with Crippen LogP contribution >= 0.6 is 0 Å². The van der Waals surface area contributed by atoms with E-state index >= 15 is 0 Å². The lowest BCUT2D eigenvalue weighted by molar-refractivity contribution is 1.13. The van der Waals surface area contributed by atoms with Crippen molar-refractivity contribution < 1.29 is 0 Å². The molecular formula is C18H23NSi. The average molecular weight is 281 g/mol. The maximum Gasteiger partial charge on any atom is 0.104 e. The minimum Gasteiger partial charge on any atom is -0.378 e. The summed E-state index contributed by atoms with van der Waals surface area (Å²) in [5, 5.41) is 1.47. The van der Waals surface area contributed by atoms with Gasteiger partial charge >= 0.3 is 0 Å². The molecule has 2 heteroatoms. The Hall–Kier alpha value is -1.80. The second-order valence-electron chi connectivity index (χ2n) is 5.91.